The molecular formula is C19H32N4O. The van der Waals surface area contributed by atoms with E-state index in [9.17, 15) is 4.79 Å². The molecule has 0 radical (unpaired) electrons. The molecule has 0 aromatic heterocycles. The Kier molecular flexibility index (Phi) is 7.53. The van der Waals surface area contributed by atoms with Crippen LogP contribution in [0.15, 0.2) is 24.3 Å². The smallest absolute Gasteiger partial charge is 0.251 e. The minimum absolute atomic E-state index is 0.0234. The van der Waals surface area contributed by atoms with Crippen LogP contribution in [0.1, 0.15) is 30.1 Å². The Morgan fingerprint density at radius 3 is 2.50 bits per heavy atom. The van der Waals surface area contributed by atoms with E-state index in [0.717, 1.165) is 43.7 Å². The summed E-state index contributed by atoms with van der Waals surface area (Å²) in [6.07, 6.45) is 2.18. The van der Waals surface area contributed by atoms with Gasteiger partial charge < -0.3 is 20.0 Å². The van der Waals surface area contributed by atoms with Crippen LogP contribution >= 0.6 is 0 Å². The van der Waals surface area contributed by atoms with Crippen molar-refractivity contribution >= 4 is 11.6 Å². The van der Waals surface area contributed by atoms with Gasteiger partial charge in [0.1, 0.15) is 0 Å². The third-order valence-corrected chi connectivity index (χ3v) is 4.72. The summed E-state index contributed by atoms with van der Waals surface area (Å²) in [6.45, 7) is 10.0. The summed E-state index contributed by atoms with van der Waals surface area (Å²) in [5.41, 5.74) is 1.78. The fourth-order valence-corrected chi connectivity index (χ4v) is 3.02. The first kappa shape index (κ1) is 18.7. The standard InChI is InChI=1S/C19H32N4O/c1-4-22-12-14-23(15-13-22)11-6-5-10-20-19(24)17-8-7-9-18(16-17)21(2)3/h7-9,16H,4-6,10-15H2,1-3H3,(H,20,24). The predicted octanol–water partition coefficient (Wildman–Crippen LogP) is 1.90. The Balaban J connectivity index is 1.62. The highest BCUT2D eigenvalue weighted by Crippen LogP contribution is 2.13. The Bertz CT molecular complexity index is 510. The Hall–Kier alpha value is -1.59. The fraction of sp³-hybridized carbons (Fsp3) is 0.632. The van der Waals surface area contributed by atoms with Crippen molar-refractivity contribution in [1.29, 1.82) is 0 Å². The Morgan fingerprint density at radius 1 is 1.12 bits per heavy atom. The number of rotatable bonds is 8. The van der Waals surface area contributed by atoms with Crippen molar-refractivity contribution in [3.63, 3.8) is 0 Å². The van der Waals surface area contributed by atoms with Crippen molar-refractivity contribution in [3.05, 3.63) is 29.8 Å². The van der Waals surface area contributed by atoms with Crippen LogP contribution in [0.25, 0.3) is 0 Å². The second kappa shape index (κ2) is 9.64. The van der Waals surface area contributed by atoms with E-state index >= 15 is 0 Å². The van der Waals surface area contributed by atoms with Crippen molar-refractivity contribution in [1.82, 2.24) is 15.1 Å². The number of anilines is 1. The van der Waals surface area contributed by atoms with Crippen LogP contribution in [-0.2, 0) is 0 Å². The molecule has 1 aromatic carbocycles. The number of hydrogen-bond acceptors (Lipinski definition) is 4. The van der Waals surface area contributed by atoms with Crippen LogP contribution < -0.4 is 10.2 Å². The van der Waals surface area contributed by atoms with E-state index in [-0.39, 0.29) is 5.91 Å². The molecular weight excluding hydrogens is 300 g/mol. The zero-order valence-corrected chi connectivity index (χ0v) is 15.4. The molecule has 1 heterocycles. The molecule has 1 aliphatic heterocycles. The van der Waals surface area contributed by atoms with Crippen molar-refractivity contribution in [2.75, 3.05) is 64.8 Å². The summed E-state index contributed by atoms with van der Waals surface area (Å²) in [5, 5.41) is 3.03. The fourth-order valence-electron chi connectivity index (χ4n) is 3.02. The first-order chi connectivity index (χ1) is 11.6. The molecule has 134 valence electrons. The number of carbonyl (C=O) groups excluding carboxylic acids is 1. The third-order valence-electron chi connectivity index (χ3n) is 4.72. The maximum Gasteiger partial charge on any atom is 0.251 e. The lowest BCUT2D eigenvalue weighted by atomic mass is 10.1. The molecule has 0 saturated carbocycles. The normalized spacial score (nSPS) is 16.1. The molecule has 0 unspecified atom stereocenters. The van der Waals surface area contributed by atoms with Gasteiger partial charge in [-0.05, 0) is 44.1 Å². The van der Waals surface area contributed by atoms with Gasteiger partial charge in [-0.2, -0.15) is 0 Å². The van der Waals surface area contributed by atoms with Gasteiger partial charge in [0.25, 0.3) is 5.91 Å². The zero-order chi connectivity index (χ0) is 17.4. The van der Waals surface area contributed by atoms with Gasteiger partial charge in [-0.15, -0.1) is 0 Å². The molecule has 5 nitrogen and oxygen atoms in total. The van der Waals surface area contributed by atoms with Crippen molar-refractivity contribution in [2.24, 2.45) is 0 Å². The van der Waals surface area contributed by atoms with E-state index in [1.165, 1.54) is 26.2 Å². The van der Waals surface area contributed by atoms with E-state index in [1.54, 1.807) is 0 Å². The van der Waals surface area contributed by atoms with Crippen molar-refractivity contribution < 1.29 is 4.79 Å². The minimum Gasteiger partial charge on any atom is -0.378 e. The topological polar surface area (TPSA) is 38.8 Å². The highest BCUT2D eigenvalue weighted by Gasteiger charge is 2.14. The highest BCUT2D eigenvalue weighted by molar-refractivity contribution is 5.95. The van der Waals surface area contributed by atoms with Crippen LogP contribution in [0.2, 0.25) is 0 Å². The maximum atomic E-state index is 12.2. The average Bonchev–Trinajstić information content (AvgIpc) is 2.62. The Morgan fingerprint density at radius 2 is 1.83 bits per heavy atom. The number of likely N-dealkylation sites (N-methyl/N-ethyl adjacent to an activating group) is 1. The second-order valence-electron chi connectivity index (χ2n) is 6.68. The van der Waals surface area contributed by atoms with Gasteiger partial charge in [-0.3, -0.25) is 4.79 Å². The van der Waals surface area contributed by atoms with Crippen LogP contribution in [0.3, 0.4) is 0 Å². The molecule has 2 rings (SSSR count). The van der Waals surface area contributed by atoms with Crippen LogP contribution in [0, 0.1) is 0 Å². The molecule has 0 bridgehead atoms. The third kappa shape index (κ3) is 5.80. The number of nitrogens with zero attached hydrogens (tertiary/aromatic N) is 3. The summed E-state index contributed by atoms with van der Waals surface area (Å²) in [4.78, 5) is 19.3. The van der Waals surface area contributed by atoms with E-state index < -0.39 is 0 Å². The van der Waals surface area contributed by atoms with Gasteiger partial charge in [-0.1, -0.05) is 13.0 Å². The van der Waals surface area contributed by atoms with Gasteiger partial charge in [0, 0.05) is 58.1 Å². The number of hydrogen-bond donors (Lipinski definition) is 1. The summed E-state index contributed by atoms with van der Waals surface area (Å²) < 4.78 is 0. The lowest BCUT2D eigenvalue weighted by Crippen LogP contribution is -2.46. The number of unbranched alkanes of at least 4 members (excludes halogenated alkanes) is 1. The number of piperazine rings is 1. The molecule has 1 saturated heterocycles. The minimum atomic E-state index is 0.0234. The summed E-state index contributed by atoms with van der Waals surface area (Å²) in [5.74, 6) is 0.0234. The zero-order valence-electron chi connectivity index (χ0n) is 15.4. The first-order valence-corrected chi connectivity index (χ1v) is 9.10. The van der Waals surface area contributed by atoms with Gasteiger partial charge in [0.15, 0.2) is 0 Å². The van der Waals surface area contributed by atoms with E-state index in [1.807, 2.05) is 43.3 Å². The highest BCUT2D eigenvalue weighted by atomic mass is 16.1. The van der Waals surface area contributed by atoms with Gasteiger partial charge in [0.2, 0.25) is 0 Å². The molecule has 0 aliphatic carbocycles. The summed E-state index contributed by atoms with van der Waals surface area (Å²) in [7, 11) is 3.97. The lowest BCUT2D eigenvalue weighted by Gasteiger charge is -2.33. The van der Waals surface area contributed by atoms with Crippen LogP contribution in [-0.4, -0.2) is 75.6 Å². The molecule has 1 aromatic rings. The van der Waals surface area contributed by atoms with Crippen LogP contribution in [0.4, 0.5) is 5.69 Å². The molecule has 0 atom stereocenters. The van der Waals surface area contributed by atoms with E-state index in [0.29, 0.717) is 0 Å². The largest absolute Gasteiger partial charge is 0.378 e. The van der Waals surface area contributed by atoms with Gasteiger partial charge in [0.05, 0.1) is 0 Å². The number of nitrogens with one attached hydrogen (secondary N) is 1. The quantitative estimate of drug-likeness (QED) is 0.738. The Labute approximate surface area is 146 Å². The molecule has 1 N–H and O–H groups in total. The van der Waals surface area contributed by atoms with Crippen LogP contribution in [0.5, 0.6) is 0 Å². The summed E-state index contributed by atoms with van der Waals surface area (Å²) >= 11 is 0. The van der Waals surface area contributed by atoms with Gasteiger partial charge in [-0.25, -0.2) is 0 Å². The molecule has 24 heavy (non-hydrogen) atoms. The molecule has 0 spiro atoms. The second-order valence-corrected chi connectivity index (χ2v) is 6.68. The number of amides is 1. The number of benzene rings is 1. The SMILES string of the molecule is CCN1CCN(CCCCNC(=O)c2cccc(N(C)C)c2)CC1. The van der Waals surface area contributed by atoms with Crippen molar-refractivity contribution in [2.45, 2.75) is 19.8 Å². The molecule has 1 aliphatic rings. The summed E-state index contributed by atoms with van der Waals surface area (Å²) in [6, 6.07) is 7.74. The molecule has 1 fully saturated rings. The molecule has 5 heteroatoms. The van der Waals surface area contributed by atoms with Crippen molar-refractivity contribution in [3.8, 4) is 0 Å². The average molecular weight is 332 g/mol. The number of carbonyl (C=O) groups is 1. The monoisotopic (exact) mass is 332 g/mol. The molecule has 1 amide bonds. The maximum absolute atomic E-state index is 12.2. The van der Waals surface area contributed by atoms with E-state index in [2.05, 4.69) is 22.0 Å². The lowest BCUT2D eigenvalue weighted by molar-refractivity contribution is 0.0951. The van der Waals surface area contributed by atoms with Gasteiger partial charge >= 0.3 is 0 Å². The predicted molar refractivity (Wildman–Crippen MR) is 101 cm³/mol. The first-order valence-electron chi connectivity index (χ1n) is 9.10. The van der Waals surface area contributed by atoms with E-state index in [4.69, 9.17) is 0 Å².